The first kappa shape index (κ1) is 14.5. The number of hydrogen-bond donors (Lipinski definition) is 1. The van der Waals surface area contributed by atoms with Gasteiger partial charge in [-0.15, -0.1) is 0 Å². The molecule has 1 aromatic heterocycles. The summed E-state index contributed by atoms with van der Waals surface area (Å²) in [7, 11) is 0. The Balaban J connectivity index is 2.02. The highest BCUT2D eigenvalue weighted by molar-refractivity contribution is 5.31. The van der Waals surface area contributed by atoms with Crippen molar-refractivity contribution in [1.29, 1.82) is 0 Å². The van der Waals surface area contributed by atoms with Crippen LogP contribution in [-0.4, -0.2) is 11.5 Å². The van der Waals surface area contributed by atoms with E-state index in [0.29, 0.717) is 6.61 Å². The highest BCUT2D eigenvalue weighted by atomic mass is 19.1. The average Bonchev–Trinajstić information content (AvgIpc) is 2.47. The summed E-state index contributed by atoms with van der Waals surface area (Å²) in [5.41, 5.74) is 1.88. The lowest BCUT2D eigenvalue weighted by molar-refractivity contribution is 0.290. The van der Waals surface area contributed by atoms with Gasteiger partial charge < -0.3 is 10.1 Å². The number of halogens is 1. The van der Waals surface area contributed by atoms with Gasteiger partial charge in [-0.2, -0.15) is 0 Å². The molecule has 0 aliphatic carbocycles. The minimum Gasteiger partial charge on any atom is -0.486 e. The average molecular weight is 274 g/mol. The van der Waals surface area contributed by atoms with E-state index in [-0.39, 0.29) is 17.6 Å². The Hall–Kier alpha value is -1.94. The zero-order chi connectivity index (χ0) is 14.4. The lowest BCUT2D eigenvalue weighted by atomic mass is 10.1. The van der Waals surface area contributed by atoms with E-state index in [2.05, 4.69) is 10.3 Å². The van der Waals surface area contributed by atoms with E-state index in [1.165, 1.54) is 6.07 Å². The van der Waals surface area contributed by atoms with Gasteiger partial charge in [0.25, 0.3) is 0 Å². The van der Waals surface area contributed by atoms with Gasteiger partial charge in [0.1, 0.15) is 6.61 Å². The van der Waals surface area contributed by atoms with Gasteiger partial charge in [0.15, 0.2) is 11.6 Å². The minimum atomic E-state index is -0.332. The number of hydrogen-bond acceptors (Lipinski definition) is 3. The quantitative estimate of drug-likeness (QED) is 0.875. The second kappa shape index (κ2) is 7.01. The summed E-state index contributed by atoms with van der Waals surface area (Å²) >= 11 is 0. The van der Waals surface area contributed by atoms with Gasteiger partial charge in [0, 0.05) is 18.4 Å². The maximum atomic E-state index is 14.0. The smallest absolute Gasteiger partial charge is 0.165 e. The molecule has 1 aromatic carbocycles. The van der Waals surface area contributed by atoms with Crippen LogP contribution in [0.5, 0.6) is 5.75 Å². The molecule has 0 bridgehead atoms. The molecule has 20 heavy (non-hydrogen) atoms. The molecule has 0 saturated carbocycles. The molecule has 2 aromatic rings. The van der Waals surface area contributed by atoms with Crippen molar-refractivity contribution in [1.82, 2.24) is 10.3 Å². The van der Waals surface area contributed by atoms with Gasteiger partial charge in [-0.1, -0.05) is 13.0 Å². The van der Waals surface area contributed by atoms with Crippen LogP contribution in [0.3, 0.4) is 0 Å². The van der Waals surface area contributed by atoms with Crippen molar-refractivity contribution < 1.29 is 9.13 Å². The molecule has 0 amide bonds. The molecule has 0 fully saturated rings. The Bertz CT molecular complexity index is 545. The summed E-state index contributed by atoms with van der Waals surface area (Å²) in [4.78, 5) is 3.93. The van der Waals surface area contributed by atoms with Crippen molar-refractivity contribution in [2.24, 2.45) is 0 Å². The number of nitrogens with zero attached hydrogens (tertiary/aromatic N) is 1. The molecule has 0 radical (unpaired) electrons. The van der Waals surface area contributed by atoms with E-state index in [9.17, 15) is 4.39 Å². The Kier molecular flexibility index (Phi) is 5.07. The number of rotatable bonds is 6. The van der Waals surface area contributed by atoms with Crippen molar-refractivity contribution in [3.63, 3.8) is 0 Å². The molecule has 1 unspecified atom stereocenters. The zero-order valence-corrected chi connectivity index (χ0v) is 11.8. The Morgan fingerprint density at radius 3 is 2.65 bits per heavy atom. The Morgan fingerprint density at radius 2 is 2.00 bits per heavy atom. The van der Waals surface area contributed by atoms with E-state index in [4.69, 9.17) is 4.74 Å². The first-order valence-electron chi connectivity index (χ1n) is 6.75. The lowest BCUT2D eigenvalue weighted by Gasteiger charge is -2.14. The summed E-state index contributed by atoms with van der Waals surface area (Å²) in [6.45, 7) is 5.22. The largest absolute Gasteiger partial charge is 0.486 e. The van der Waals surface area contributed by atoms with E-state index < -0.39 is 0 Å². The summed E-state index contributed by atoms with van der Waals surface area (Å²) in [5, 5.41) is 3.25. The maximum Gasteiger partial charge on any atom is 0.165 e. The van der Waals surface area contributed by atoms with Crippen molar-refractivity contribution in [2.75, 3.05) is 6.54 Å². The van der Waals surface area contributed by atoms with E-state index in [0.717, 1.165) is 17.7 Å². The van der Waals surface area contributed by atoms with Crippen molar-refractivity contribution in [3.8, 4) is 5.75 Å². The molecular formula is C16H19FN2O. The van der Waals surface area contributed by atoms with Gasteiger partial charge in [-0.05, 0) is 48.9 Å². The number of ether oxygens (including phenoxy) is 1. The van der Waals surface area contributed by atoms with Crippen LogP contribution < -0.4 is 10.1 Å². The molecule has 0 saturated heterocycles. The first-order chi connectivity index (χ1) is 9.70. The summed E-state index contributed by atoms with van der Waals surface area (Å²) in [6, 6.07) is 8.91. The molecule has 2 rings (SSSR count). The van der Waals surface area contributed by atoms with Crippen molar-refractivity contribution in [2.45, 2.75) is 26.5 Å². The normalized spacial score (nSPS) is 12.2. The number of nitrogens with one attached hydrogen (secondary N) is 1. The van der Waals surface area contributed by atoms with Gasteiger partial charge >= 0.3 is 0 Å². The van der Waals surface area contributed by atoms with Crippen LogP contribution in [0, 0.1) is 5.82 Å². The summed E-state index contributed by atoms with van der Waals surface area (Å²) in [6.07, 6.45) is 3.38. The third kappa shape index (κ3) is 3.78. The lowest BCUT2D eigenvalue weighted by Crippen LogP contribution is -2.17. The standard InChI is InChI=1S/C16H19FN2O/c1-3-19-12(2)14-4-5-16(15(17)10-14)20-11-13-6-8-18-9-7-13/h4-10,12,19H,3,11H2,1-2H3. The second-order valence-corrected chi connectivity index (χ2v) is 4.61. The minimum absolute atomic E-state index is 0.128. The van der Waals surface area contributed by atoms with Crippen LogP contribution in [0.4, 0.5) is 4.39 Å². The molecule has 4 heteroatoms. The highest BCUT2D eigenvalue weighted by Crippen LogP contribution is 2.22. The fourth-order valence-corrected chi connectivity index (χ4v) is 1.97. The second-order valence-electron chi connectivity index (χ2n) is 4.61. The van der Waals surface area contributed by atoms with Crippen LogP contribution in [0.25, 0.3) is 0 Å². The number of benzene rings is 1. The molecule has 1 atom stereocenters. The Morgan fingerprint density at radius 1 is 1.25 bits per heavy atom. The van der Waals surface area contributed by atoms with E-state index in [1.54, 1.807) is 18.5 Å². The highest BCUT2D eigenvalue weighted by Gasteiger charge is 2.09. The molecule has 3 nitrogen and oxygen atoms in total. The summed E-state index contributed by atoms with van der Waals surface area (Å²) < 4.78 is 19.5. The van der Waals surface area contributed by atoms with E-state index in [1.807, 2.05) is 32.0 Å². The number of pyridine rings is 1. The fourth-order valence-electron chi connectivity index (χ4n) is 1.97. The molecule has 0 aliphatic rings. The van der Waals surface area contributed by atoms with Crippen LogP contribution in [0.1, 0.15) is 31.0 Å². The van der Waals surface area contributed by atoms with Crippen molar-refractivity contribution in [3.05, 3.63) is 59.7 Å². The molecule has 106 valence electrons. The third-order valence-electron chi connectivity index (χ3n) is 3.11. The predicted molar refractivity (Wildman–Crippen MR) is 77.1 cm³/mol. The molecular weight excluding hydrogens is 255 g/mol. The zero-order valence-electron chi connectivity index (χ0n) is 11.8. The molecule has 1 N–H and O–H groups in total. The van der Waals surface area contributed by atoms with Gasteiger partial charge in [-0.3, -0.25) is 4.98 Å². The molecule has 0 spiro atoms. The topological polar surface area (TPSA) is 34.1 Å². The third-order valence-corrected chi connectivity index (χ3v) is 3.11. The van der Waals surface area contributed by atoms with Gasteiger partial charge in [0.05, 0.1) is 0 Å². The van der Waals surface area contributed by atoms with Gasteiger partial charge in [-0.25, -0.2) is 4.39 Å². The first-order valence-corrected chi connectivity index (χ1v) is 6.75. The molecule has 1 heterocycles. The van der Waals surface area contributed by atoms with Crippen LogP contribution in [-0.2, 0) is 6.61 Å². The number of aromatic nitrogens is 1. The summed E-state index contributed by atoms with van der Waals surface area (Å²) in [5.74, 6) is -0.0597. The predicted octanol–water partition coefficient (Wildman–Crippen LogP) is 3.47. The van der Waals surface area contributed by atoms with Crippen LogP contribution in [0.2, 0.25) is 0 Å². The molecule has 0 aliphatic heterocycles. The van der Waals surface area contributed by atoms with Crippen LogP contribution in [0.15, 0.2) is 42.7 Å². The SMILES string of the molecule is CCNC(C)c1ccc(OCc2ccncc2)c(F)c1. The fraction of sp³-hybridized carbons (Fsp3) is 0.312. The van der Waals surface area contributed by atoms with Crippen LogP contribution >= 0.6 is 0 Å². The monoisotopic (exact) mass is 274 g/mol. The Labute approximate surface area is 118 Å². The van der Waals surface area contributed by atoms with Gasteiger partial charge in [0.2, 0.25) is 0 Å². The van der Waals surface area contributed by atoms with Crippen molar-refractivity contribution >= 4 is 0 Å². The van der Waals surface area contributed by atoms with E-state index >= 15 is 0 Å². The maximum absolute atomic E-state index is 14.0.